The minimum Gasteiger partial charge on any atom is -0.355 e. The second-order valence-electron chi connectivity index (χ2n) is 4.73. The standard InChI is InChI=1S/C11H24N2O.ClH/c1-6-12-7-8-13-10(14)9(2)11(3,4)5;/h9,12H,6-8H2,1-5H3,(H,13,14);1H. The molecule has 92 valence electrons. The van der Waals surface area contributed by atoms with E-state index in [1.54, 1.807) is 0 Å². The lowest BCUT2D eigenvalue weighted by Gasteiger charge is -2.26. The van der Waals surface area contributed by atoms with E-state index in [1.807, 2.05) is 6.92 Å². The van der Waals surface area contributed by atoms with Crippen molar-refractivity contribution < 1.29 is 4.79 Å². The fourth-order valence-electron chi connectivity index (χ4n) is 0.997. The highest BCUT2D eigenvalue weighted by Gasteiger charge is 2.26. The van der Waals surface area contributed by atoms with Gasteiger partial charge in [0.05, 0.1) is 0 Å². The lowest BCUT2D eigenvalue weighted by atomic mass is 9.81. The SMILES string of the molecule is CCNCCNC(=O)C(C)C(C)(C)C.Cl. The molecule has 0 rings (SSSR count). The molecule has 0 bridgehead atoms. The largest absolute Gasteiger partial charge is 0.355 e. The van der Waals surface area contributed by atoms with Crippen LogP contribution in [0, 0.1) is 11.3 Å². The van der Waals surface area contributed by atoms with Gasteiger partial charge in [-0.2, -0.15) is 0 Å². The van der Waals surface area contributed by atoms with Crippen LogP contribution in [0.5, 0.6) is 0 Å². The molecule has 0 radical (unpaired) electrons. The molecule has 0 aliphatic carbocycles. The maximum absolute atomic E-state index is 11.6. The summed E-state index contributed by atoms with van der Waals surface area (Å²) in [7, 11) is 0. The first kappa shape index (κ1) is 17.1. The normalized spacial score (nSPS) is 12.9. The van der Waals surface area contributed by atoms with Crippen molar-refractivity contribution in [3.63, 3.8) is 0 Å². The van der Waals surface area contributed by atoms with Crippen LogP contribution in [0.25, 0.3) is 0 Å². The van der Waals surface area contributed by atoms with Gasteiger partial charge < -0.3 is 10.6 Å². The van der Waals surface area contributed by atoms with Crippen molar-refractivity contribution in [3.8, 4) is 0 Å². The molecular formula is C11H25ClN2O. The fraction of sp³-hybridized carbons (Fsp3) is 0.909. The predicted octanol–water partition coefficient (Wildman–Crippen LogP) is 1.82. The zero-order chi connectivity index (χ0) is 11.2. The van der Waals surface area contributed by atoms with Crippen LogP contribution in [0.1, 0.15) is 34.6 Å². The van der Waals surface area contributed by atoms with Gasteiger partial charge >= 0.3 is 0 Å². The summed E-state index contributed by atoms with van der Waals surface area (Å²) in [5.41, 5.74) is 0.0439. The van der Waals surface area contributed by atoms with Gasteiger partial charge in [0.2, 0.25) is 5.91 Å². The summed E-state index contributed by atoms with van der Waals surface area (Å²) in [5, 5.41) is 6.09. The van der Waals surface area contributed by atoms with Crippen LogP contribution in [0.3, 0.4) is 0 Å². The Labute approximate surface area is 99.8 Å². The van der Waals surface area contributed by atoms with Crippen LogP contribution >= 0.6 is 12.4 Å². The van der Waals surface area contributed by atoms with Gasteiger partial charge in [0, 0.05) is 19.0 Å². The molecule has 0 aromatic heterocycles. The smallest absolute Gasteiger partial charge is 0.223 e. The van der Waals surface area contributed by atoms with E-state index in [0.717, 1.165) is 13.1 Å². The maximum Gasteiger partial charge on any atom is 0.223 e. The molecule has 2 N–H and O–H groups in total. The number of carbonyl (C=O) groups excluding carboxylic acids is 1. The van der Waals surface area contributed by atoms with Crippen LogP contribution in [0.15, 0.2) is 0 Å². The minimum absolute atomic E-state index is 0. The summed E-state index contributed by atoms with van der Waals surface area (Å²) in [5.74, 6) is 0.208. The molecular weight excluding hydrogens is 212 g/mol. The molecule has 1 atom stereocenters. The molecule has 1 unspecified atom stereocenters. The van der Waals surface area contributed by atoms with Gasteiger partial charge in [-0.05, 0) is 12.0 Å². The zero-order valence-corrected chi connectivity index (χ0v) is 11.3. The molecule has 0 aliphatic rings. The summed E-state index contributed by atoms with van der Waals surface area (Å²) in [4.78, 5) is 11.6. The number of hydrogen-bond acceptors (Lipinski definition) is 2. The van der Waals surface area contributed by atoms with Gasteiger partial charge in [-0.25, -0.2) is 0 Å². The van der Waals surface area contributed by atoms with Crippen LogP contribution < -0.4 is 10.6 Å². The number of amides is 1. The van der Waals surface area contributed by atoms with E-state index in [9.17, 15) is 4.79 Å². The minimum atomic E-state index is 0. The van der Waals surface area contributed by atoms with Gasteiger partial charge in [-0.15, -0.1) is 12.4 Å². The van der Waals surface area contributed by atoms with Crippen molar-refractivity contribution in [1.29, 1.82) is 0 Å². The van der Waals surface area contributed by atoms with Crippen LogP contribution in [-0.2, 0) is 4.79 Å². The number of carbonyl (C=O) groups is 1. The van der Waals surface area contributed by atoms with Crippen molar-refractivity contribution >= 4 is 18.3 Å². The molecule has 0 aromatic carbocycles. The third kappa shape index (κ3) is 7.63. The first-order valence-electron chi connectivity index (χ1n) is 5.38. The Morgan fingerprint density at radius 3 is 2.20 bits per heavy atom. The number of nitrogens with one attached hydrogen (secondary N) is 2. The third-order valence-corrected chi connectivity index (χ3v) is 2.54. The van der Waals surface area contributed by atoms with Crippen molar-refractivity contribution in [2.75, 3.05) is 19.6 Å². The molecule has 0 spiro atoms. The molecule has 0 saturated heterocycles. The Kier molecular flexibility index (Phi) is 9.07. The van der Waals surface area contributed by atoms with E-state index in [4.69, 9.17) is 0 Å². The number of hydrogen-bond donors (Lipinski definition) is 2. The Morgan fingerprint density at radius 2 is 1.80 bits per heavy atom. The van der Waals surface area contributed by atoms with Crippen LogP contribution in [0.4, 0.5) is 0 Å². The Morgan fingerprint density at radius 1 is 1.27 bits per heavy atom. The third-order valence-electron chi connectivity index (χ3n) is 2.54. The van der Waals surface area contributed by atoms with Crippen LogP contribution in [0.2, 0.25) is 0 Å². The van der Waals surface area contributed by atoms with E-state index in [2.05, 4.69) is 38.3 Å². The Balaban J connectivity index is 0. The summed E-state index contributed by atoms with van der Waals surface area (Å²) >= 11 is 0. The molecule has 3 nitrogen and oxygen atoms in total. The fourth-order valence-corrected chi connectivity index (χ4v) is 0.997. The first-order valence-corrected chi connectivity index (χ1v) is 5.38. The second kappa shape index (κ2) is 7.94. The maximum atomic E-state index is 11.6. The highest BCUT2D eigenvalue weighted by molar-refractivity contribution is 5.85. The molecule has 0 fully saturated rings. The van der Waals surface area contributed by atoms with E-state index in [-0.39, 0.29) is 29.6 Å². The molecule has 0 saturated carbocycles. The summed E-state index contributed by atoms with van der Waals surface area (Å²) in [6.45, 7) is 12.8. The molecule has 0 aliphatic heterocycles. The van der Waals surface area contributed by atoms with Crippen LogP contribution in [-0.4, -0.2) is 25.5 Å². The highest BCUT2D eigenvalue weighted by atomic mass is 35.5. The lowest BCUT2D eigenvalue weighted by molar-refractivity contribution is -0.127. The first-order chi connectivity index (χ1) is 6.39. The van der Waals surface area contributed by atoms with E-state index in [0.29, 0.717) is 6.54 Å². The van der Waals surface area contributed by atoms with Gasteiger partial charge in [-0.1, -0.05) is 34.6 Å². The average molecular weight is 237 g/mol. The number of rotatable bonds is 5. The predicted molar refractivity (Wildman–Crippen MR) is 67.4 cm³/mol. The Bertz CT molecular complexity index is 178. The zero-order valence-electron chi connectivity index (χ0n) is 10.5. The summed E-state index contributed by atoms with van der Waals surface area (Å²) in [6, 6.07) is 0. The molecule has 4 heteroatoms. The molecule has 1 amide bonds. The van der Waals surface area contributed by atoms with Crippen molar-refractivity contribution in [2.45, 2.75) is 34.6 Å². The molecule has 0 heterocycles. The van der Waals surface area contributed by atoms with Crippen molar-refractivity contribution in [1.82, 2.24) is 10.6 Å². The Hall–Kier alpha value is -0.280. The summed E-state index contributed by atoms with van der Waals surface area (Å²) in [6.07, 6.45) is 0. The molecule has 15 heavy (non-hydrogen) atoms. The topological polar surface area (TPSA) is 41.1 Å². The highest BCUT2D eigenvalue weighted by Crippen LogP contribution is 2.24. The molecule has 0 aromatic rings. The number of likely N-dealkylation sites (N-methyl/N-ethyl adjacent to an activating group) is 1. The van der Waals surface area contributed by atoms with E-state index < -0.39 is 0 Å². The van der Waals surface area contributed by atoms with E-state index >= 15 is 0 Å². The monoisotopic (exact) mass is 236 g/mol. The van der Waals surface area contributed by atoms with Gasteiger partial charge in [0.1, 0.15) is 0 Å². The van der Waals surface area contributed by atoms with Gasteiger partial charge in [0.25, 0.3) is 0 Å². The lowest BCUT2D eigenvalue weighted by Crippen LogP contribution is -2.39. The quantitative estimate of drug-likeness (QED) is 0.715. The van der Waals surface area contributed by atoms with Crippen molar-refractivity contribution in [2.24, 2.45) is 11.3 Å². The van der Waals surface area contributed by atoms with Crippen molar-refractivity contribution in [3.05, 3.63) is 0 Å². The van der Waals surface area contributed by atoms with Gasteiger partial charge in [-0.3, -0.25) is 4.79 Å². The summed E-state index contributed by atoms with van der Waals surface area (Å²) < 4.78 is 0. The number of halogens is 1. The second-order valence-corrected chi connectivity index (χ2v) is 4.73. The van der Waals surface area contributed by atoms with Gasteiger partial charge in [0.15, 0.2) is 0 Å². The average Bonchev–Trinajstić information content (AvgIpc) is 2.09. The van der Waals surface area contributed by atoms with E-state index in [1.165, 1.54) is 0 Å².